The first kappa shape index (κ1) is 13.5. The van der Waals surface area contributed by atoms with Gasteiger partial charge in [0.2, 0.25) is 0 Å². The second kappa shape index (κ2) is 5.52. The van der Waals surface area contributed by atoms with Crippen molar-refractivity contribution in [3.05, 3.63) is 11.9 Å². The van der Waals surface area contributed by atoms with E-state index in [2.05, 4.69) is 22.6 Å². The van der Waals surface area contributed by atoms with Crippen LogP contribution in [0.5, 0.6) is 0 Å². The van der Waals surface area contributed by atoms with Crippen molar-refractivity contribution < 1.29 is 4.79 Å². The molecule has 0 spiro atoms. The van der Waals surface area contributed by atoms with Crippen LogP contribution in [0.4, 0.5) is 0 Å². The first-order chi connectivity index (χ1) is 9.66. The zero-order valence-electron chi connectivity index (χ0n) is 12.2. The van der Waals surface area contributed by atoms with Crippen LogP contribution in [0.1, 0.15) is 49.1 Å². The number of carbonyl (C=O) groups is 1. The van der Waals surface area contributed by atoms with Crippen LogP contribution in [0.15, 0.2) is 6.20 Å². The van der Waals surface area contributed by atoms with Crippen LogP contribution >= 0.6 is 0 Å². The summed E-state index contributed by atoms with van der Waals surface area (Å²) in [6, 6.07) is 0.669. The highest BCUT2D eigenvalue weighted by Gasteiger charge is 2.33. The summed E-state index contributed by atoms with van der Waals surface area (Å²) in [4.78, 5) is 14.2. The van der Waals surface area contributed by atoms with Gasteiger partial charge < -0.3 is 10.2 Å². The third kappa shape index (κ3) is 2.70. The number of carbonyl (C=O) groups excluding carboxylic acids is 1. The Bertz CT molecular complexity index is 476. The molecule has 1 atom stereocenters. The first-order valence-corrected chi connectivity index (χ1v) is 7.56. The number of rotatable bonds is 4. The van der Waals surface area contributed by atoms with Crippen molar-refractivity contribution in [2.24, 2.45) is 5.92 Å². The summed E-state index contributed by atoms with van der Waals surface area (Å²) >= 11 is 0. The van der Waals surface area contributed by atoms with Crippen LogP contribution in [-0.4, -0.2) is 52.0 Å². The first-order valence-electron chi connectivity index (χ1n) is 7.56. The molecular weight excluding hydrogens is 254 g/mol. The minimum absolute atomic E-state index is 0.00964. The number of aromatic nitrogens is 3. The largest absolute Gasteiger partial charge is 0.337 e. The maximum atomic E-state index is 12.4. The normalized spacial score (nSPS) is 21.7. The summed E-state index contributed by atoms with van der Waals surface area (Å²) in [5.74, 6) is 0.660. The van der Waals surface area contributed by atoms with E-state index in [1.807, 2.05) is 22.8 Å². The number of hydrogen-bond acceptors (Lipinski definition) is 4. The lowest BCUT2D eigenvalue weighted by Crippen LogP contribution is -2.36. The van der Waals surface area contributed by atoms with Crippen LogP contribution in [0.3, 0.4) is 0 Å². The van der Waals surface area contributed by atoms with Gasteiger partial charge in [0.15, 0.2) is 5.69 Å². The smallest absolute Gasteiger partial charge is 0.276 e. The van der Waals surface area contributed by atoms with Gasteiger partial charge in [-0.3, -0.25) is 4.79 Å². The fourth-order valence-electron chi connectivity index (χ4n) is 2.88. The van der Waals surface area contributed by atoms with Gasteiger partial charge in [-0.1, -0.05) is 5.21 Å². The molecule has 1 amide bonds. The van der Waals surface area contributed by atoms with Crippen molar-refractivity contribution in [1.29, 1.82) is 0 Å². The van der Waals surface area contributed by atoms with Gasteiger partial charge >= 0.3 is 0 Å². The van der Waals surface area contributed by atoms with Crippen molar-refractivity contribution in [3.63, 3.8) is 0 Å². The average Bonchev–Trinajstić information content (AvgIpc) is 3.22. The Morgan fingerprint density at radius 2 is 2.10 bits per heavy atom. The van der Waals surface area contributed by atoms with Gasteiger partial charge in [-0.15, -0.1) is 5.10 Å². The van der Waals surface area contributed by atoms with E-state index in [0.717, 1.165) is 25.9 Å². The van der Waals surface area contributed by atoms with Gasteiger partial charge in [0.25, 0.3) is 5.91 Å². The van der Waals surface area contributed by atoms with Crippen LogP contribution in [0, 0.1) is 5.92 Å². The molecule has 0 radical (unpaired) electrons. The molecule has 2 aliphatic rings. The van der Waals surface area contributed by atoms with E-state index < -0.39 is 0 Å². The molecule has 0 bridgehead atoms. The maximum absolute atomic E-state index is 12.4. The Morgan fingerprint density at radius 3 is 2.75 bits per heavy atom. The van der Waals surface area contributed by atoms with Gasteiger partial charge in [0, 0.05) is 13.1 Å². The second-order valence-electron chi connectivity index (χ2n) is 6.06. The van der Waals surface area contributed by atoms with E-state index in [-0.39, 0.29) is 5.91 Å². The highest BCUT2D eigenvalue weighted by Crippen LogP contribution is 2.35. The fourth-order valence-corrected chi connectivity index (χ4v) is 2.88. The van der Waals surface area contributed by atoms with Crippen LogP contribution in [0.25, 0.3) is 0 Å². The summed E-state index contributed by atoms with van der Waals surface area (Å²) in [6.07, 6.45) is 6.38. The molecule has 1 aliphatic heterocycles. The molecule has 1 N–H and O–H groups in total. The molecule has 110 valence electrons. The average molecular weight is 277 g/mol. The third-order valence-corrected chi connectivity index (χ3v) is 4.65. The van der Waals surface area contributed by atoms with Crippen molar-refractivity contribution in [2.75, 3.05) is 20.1 Å². The number of piperidine rings is 1. The number of hydrogen-bond donors (Lipinski definition) is 1. The summed E-state index contributed by atoms with van der Waals surface area (Å²) in [5, 5.41) is 11.6. The van der Waals surface area contributed by atoms with Crippen molar-refractivity contribution >= 4 is 5.91 Å². The highest BCUT2D eigenvalue weighted by atomic mass is 16.2. The van der Waals surface area contributed by atoms with Crippen LogP contribution < -0.4 is 5.32 Å². The van der Waals surface area contributed by atoms with Crippen LogP contribution in [-0.2, 0) is 0 Å². The lowest BCUT2D eigenvalue weighted by atomic mass is 10.1. The molecule has 20 heavy (non-hydrogen) atoms. The second-order valence-corrected chi connectivity index (χ2v) is 6.06. The van der Waals surface area contributed by atoms with Crippen molar-refractivity contribution in [2.45, 2.75) is 44.7 Å². The lowest BCUT2D eigenvalue weighted by molar-refractivity contribution is 0.0721. The molecule has 0 aromatic carbocycles. The minimum Gasteiger partial charge on any atom is -0.337 e. The molecule has 1 aromatic rings. The zero-order chi connectivity index (χ0) is 14.1. The maximum Gasteiger partial charge on any atom is 0.276 e. The number of amides is 1. The van der Waals surface area contributed by atoms with Gasteiger partial charge in [-0.05, 0) is 51.6 Å². The van der Waals surface area contributed by atoms with E-state index >= 15 is 0 Å². The SMILES string of the molecule is CC(C1CC1)N(C)C(=O)c1cn(C2CCNCC2)nn1. The van der Waals surface area contributed by atoms with Gasteiger partial charge in [0.05, 0.1) is 12.2 Å². The molecule has 1 unspecified atom stereocenters. The molecular formula is C14H23N5O. The quantitative estimate of drug-likeness (QED) is 0.894. The molecule has 2 heterocycles. The van der Waals surface area contributed by atoms with Crippen LogP contribution in [0.2, 0.25) is 0 Å². The van der Waals surface area contributed by atoms with Gasteiger partial charge in [0.1, 0.15) is 0 Å². The summed E-state index contributed by atoms with van der Waals surface area (Å²) in [7, 11) is 1.87. The predicted molar refractivity (Wildman–Crippen MR) is 75.4 cm³/mol. The van der Waals surface area contributed by atoms with E-state index in [1.54, 1.807) is 0 Å². The van der Waals surface area contributed by atoms with Gasteiger partial charge in [-0.2, -0.15) is 0 Å². The molecule has 6 nitrogen and oxygen atoms in total. The Kier molecular flexibility index (Phi) is 3.74. The molecule has 1 aromatic heterocycles. The van der Waals surface area contributed by atoms with E-state index in [0.29, 0.717) is 23.7 Å². The topological polar surface area (TPSA) is 63.1 Å². The minimum atomic E-state index is -0.00964. The standard InChI is InChI=1S/C14H23N5O/c1-10(11-3-4-11)18(2)14(20)13-9-19(17-16-13)12-5-7-15-8-6-12/h9-12,15H,3-8H2,1-2H3. The molecule has 1 aliphatic carbocycles. The molecule has 6 heteroatoms. The molecule has 3 rings (SSSR count). The van der Waals surface area contributed by atoms with Gasteiger partial charge in [-0.25, -0.2) is 4.68 Å². The van der Waals surface area contributed by atoms with E-state index in [4.69, 9.17) is 0 Å². The Hall–Kier alpha value is -1.43. The number of nitrogens with zero attached hydrogens (tertiary/aromatic N) is 4. The molecule has 1 saturated heterocycles. The zero-order valence-corrected chi connectivity index (χ0v) is 12.2. The number of nitrogens with one attached hydrogen (secondary N) is 1. The summed E-state index contributed by atoms with van der Waals surface area (Å²) < 4.78 is 1.86. The van der Waals surface area contributed by atoms with E-state index in [1.165, 1.54) is 12.8 Å². The summed E-state index contributed by atoms with van der Waals surface area (Å²) in [5.41, 5.74) is 0.471. The lowest BCUT2D eigenvalue weighted by Gasteiger charge is -2.24. The third-order valence-electron chi connectivity index (χ3n) is 4.65. The highest BCUT2D eigenvalue weighted by molar-refractivity contribution is 5.92. The Morgan fingerprint density at radius 1 is 1.40 bits per heavy atom. The van der Waals surface area contributed by atoms with Crippen molar-refractivity contribution in [1.82, 2.24) is 25.2 Å². The fraction of sp³-hybridized carbons (Fsp3) is 0.786. The monoisotopic (exact) mass is 277 g/mol. The Labute approximate surface area is 119 Å². The molecule has 1 saturated carbocycles. The predicted octanol–water partition coefficient (Wildman–Crippen LogP) is 1.07. The molecule has 2 fully saturated rings. The van der Waals surface area contributed by atoms with E-state index in [9.17, 15) is 4.79 Å². The summed E-state index contributed by atoms with van der Waals surface area (Å²) in [6.45, 7) is 4.13. The van der Waals surface area contributed by atoms with Crippen molar-refractivity contribution in [3.8, 4) is 0 Å². The Balaban J connectivity index is 1.67.